The van der Waals surface area contributed by atoms with Crippen LogP contribution < -0.4 is 10.5 Å². The van der Waals surface area contributed by atoms with Gasteiger partial charge in [-0.15, -0.1) is 0 Å². The van der Waals surface area contributed by atoms with Crippen molar-refractivity contribution in [2.75, 3.05) is 0 Å². The second kappa shape index (κ2) is 6.68. The van der Waals surface area contributed by atoms with E-state index in [0.717, 1.165) is 5.56 Å². The number of amides is 1. The standard InChI is InChI=1S/C13H18N2O5S/c1-8-4-6-11(7-5-8)21(18,19)15-9(2)13(17)20-10(3)12(14)16/h4-7,9-10,15H,1-3H3,(H2,14,16)/t9-,10+/m0/s1. The van der Waals surface area contributed by atoms with Crippen LogP contribution in [-0.4, -0.2) is 32.4 Å². The Hall–Kier alpha value is -1.93. The minimum Gasteiger partial charge on any atom is -0.451 e. The smallest absolute Gasteiger partial charge is 0.324 e. The summed E-state index contributed by atoms with van der Waals surface area (Å²) in [6.45, 7) is 4.46. The number of rotatable bonds is 6. The molecular weight excluding hydrogens is 296 g/mol. The summed E-state index contributed by atoms with van der Waals surface area (Å²) in [5.74, 6) is -1.69. The highest BCUT2D eigenvalue weighted by Crippen LogP contribution is 2.11. The van der Waals surface area contributed by atoms with Crippen LogP contribution in [-0.2, 0) is 24.3 Å². The average Bonchev–Trinajstić information content (AvgIpc) is 2.38. The Morgan fingerprint density at radius 1 is 1.19 bits per heavy atom. The number of nitrogens with two attached hydrogens (primary N) is 1. The molecule has 0 bridgehead atoms. The van der Waals surface area contributed by atoms with E-state index >= 15 is 0 Å². The molecule has 116 valence electrons. The molecule has 0 saturated heterocycles. The molecule has 0 spiro atoms. The van der Waals surface area contributed by atoms with Gasteiger partial charge in [0.25, 0.3) is 5.91 Å². The minimum absolute atomic E-state index is 0.0377. The molecule has 21 heavy (non-hydrogen) atoms. The zero-order chi connectivity index (χ0) is 16.2. The van der Waals surface area contributed by atoms with Gasteiger partial charge in [-0.3, -0.25) is 9.59 Å². The molecule has 0 aliphatic rings. The summed E-state index contributed by atoms with van der Waals surface area (Å²) in [5, 5.41) is 0. The van der Waals surface area contributed by atoms with Crippen molar-refractivity contribution in [2.24, 2.45) is 5.73 Å². The van der Waals surface area contributed by atoms with Crippen LogP contribution in [0.3, 0.4) is 0 Å². The molecule has 0 aliphatic heterocycles. The van der Waals surface area contributed by atoms with Crippen molar-refractivity contribution in [1.82, 2.24) is 4.72 Å². The summed E-state index contributed by atoms with van der Waals surface area (Å²) >= 11 is 0. The largest absolute Gasteiger partial charge is 0.451 e. The highest BCUT2D eigenvalue weighted by atomic mass is 32.2. The molecule has 0 unspecified atom stereocenters. The number of esters is 1. The molecule has 7 nitrogen and oxygen atoms in total. The van der Waals surface area contributed by atoms with Gasteiger partial charge >= 0.3 is 5.97 Å². The highest BCUT2D eigenvalue weighted by molar-refractivity contribution is 7.89. The van der Waals surface area contributed by atoms with Gasteiger partial charge < -0.3 is 10.5 Å². The summed E-state index contributed by atoms with van der Waals surface area (Å²) in [6, 6.07) is 5.02. The summed E-state index contributed by atoms with van der Waals surface area (Å²) in [4.78, 5) is 22.5. The minimum atomic E-state index is -3.84. The molecule has 8 heteroatoms. The Morgan fingerprint density at radius 2 is 1.71 bits per heavy atom. The van der Waals surface area contributed by atoms with Gasteiger partial charge in [-0.2, -0.15) is 4.72 Å². The molecule has 1 rings (SSSR count). The van der Waals surface area contributed by atoms with Crippen molar-refractivity contribution >= 4 is 21.9 Å². The van der Waals surface area contributed by atoms with Crippen molar-refractivity contribution in [3.05, 3.63) is 29.8 Å². The van der Waals surface area contributed by atoms with E-state index in [1.165, 1.54) is 26.0 Å². The molecule has 0 radical (unpaired) electrons. The Bertz CT molecular complexity index is 624. The van der Waals surface area contributed by atoms with Crippen LogP contribution in [0.4, 0.5) is 0 Å². The molecule has 1 aromatic rings. The Kier molecular flexibility index (Phi) is 5.45. The fourth-order valence-corrected chi connectivity index (χ4v) is 2.59. The third kappa shape index (κ3) is 4.83. The van der Waals surface area contributed by atoms with Crippen LogP contribution in [0.15, 0.2) is 29.2 Å². The Balaban J connectivity index is 2.77. The van der Waals surface area contributed by atoms with E-state index in [0.29, 0.717) is 0 Å². The van der Waals surface area contributed by atoms with E-state index < -0.39 is 34.0 Å². The Labute approximate surface area is 123 Å². The third-order valence-corrected chi connectivity index (χ3v) is 4.27. The number of ether oxygens (including phenoxy) is 1. The highest BCUT2D eigenvalue weighted by Gasteiger charge is 2.25. The van der Waals surface area contributed by atoms with Crippen LogP contribution in [0.2, 0.25) is 0 Å². The number of aryl methyl sites for hydroxylation is 1. The summed E-state index contributed by atoms with van der Waals surface area (Å²) in [5.41, 5.74) is 5.88. The monoisotopic (exact) mass is 314 g/mol. The van der Waals surface area contributed by atoms with Gasteiger partial charge in [0.05, 0.1) is 4.90 Å². The van der Waals surface area contributed by atoms with Crippen LogP contribution in [0.5, 0.6) is 0 Å². The first-order valence-corrected chi connectivity index (χ1v) is 7.70. The fourth-order valence-electron chi connectivity index (χ4n) is 1.40. The normalized spacial score (nSPS) is 14.2. The SMILES string of the molecule is Cc1ccc(S(=O)(=O)N[C@@H](C)C(=O)O[C@H](C)C(N)=O)cc1. The summed E-state index contributed by atoms with van der Waals surface area (Å²) in [7, 11) is -3.84. The topological polar surface area (TPSA) is 116 Å². The van der Waals surface area contributed by atoms with Gasteiger partial charge in [0.15, 0.2) is 6.10 Å². The lowest BCUT2D eigenvalue weighted by molar-refractivity contribution is -0.155. The van der Waals surface area contributed by atoms with Gasteiger partial charge in [-0.05, 0) is 32.9 Å². The summed E-state index contributed by atoms with van der Waals surface area (Å²) < 4.78 is 31.1. The number of hydrogen-bond donors (Lipinski definition) is 2. The number of nitrogens with one attached hydrogen (secondary N) is 1. The van der Waals surface area contributed by atoms with Crippen molar-refractivity contribution < 1.29 is 22.7 Å². The molecule has 1 aromatic carbocycles. The molecule has 0 fully saturated rings. The molecule has 3 N–H and O–H groups in total. The second-order valence-electron chi connectivity index (χ2n) is 4.64. The zero-order valence-electron chi connectivity index (χ0n) is 12.0. The molecule has 0 saturated carbocycles. The maximum atomic E-state index is 12.1. The molecule has 0 aromatic heterocycles. The van der Waals surface area contributed by atoms with Gasteiger partial charge in [0.2, 0.25) is 10.0 Å². The van der Waals surface area contributed by atoms with Crippen molar-refractivity contribution in [1.29, 1.82) is 0 Å². The van der Waals surface area contributed by atoms with Crippen LogP contribution >= 0.6 is 0 Å². The van der Waals surface area contributed by atoms with E-state index in [-0.39, 0.29) is 4.90 Å². The second-order valence-corrected chi connectivity index (χ2v) is 6.35. The lowest BCUT2D eigenvalue weighted by Crippen LogP contribution is -2.42. The van der Waals surface area contributed by atoms with Gasteiger partial charge in [-0.25, -0.2) is 8.42 Å². The number of primary amides is 1. The van der Waals surface area contributed by atoms with E-state index in [4.69, 9.17) is 10.5 Å². The van der Waals surface area contributed by atoms with Crippen molar-refractivity contribution in [3.63, 3.8) is 0 Å². The number of sulfonamides is 1. The van der Waals surface area contributed by atoms with E-state index in [2.05, 4.69) is 4.72 Å². The molecule has 0 heterocycles. The van der Waals surface area contributed by atoms with Gasteiger partial charge in [-0.1, -0.05) is 17.7 Å². The first-order chi connectivity index (χ1) is 9.63. The number of hydrogen-bond acceptors (Lipinski definition) is 5. The quantitative estimate of drug-likeness (QED) is 0.721. The molecule has 2 atom stereocenters. The Morgan fingerprint density at radius 3 is 2.19 bits per heavy atom. The lowest BCUT2D eigenvalue weighted by Gasteiger charge is -2.16. The lowest BCUT2D eigenvalue weighted by atomic mass is 10.2. The van der Waals surface area contributed by atoms with Gasteiger partial charge in [0, 0.05) is 0 Å². The number of carbonyl (C=O) groups is 2. The first kappa shape index (κ1) is 17.1. The van der Waals surface area contributed by atoms with E-state index in [1.54, 1.807) is 12.1 Å². The van der Waals surface area contributed by atoms with E-state index in [9.17, 15) is 18.0 Å². The summed E-state index contributed by atoms with van der Waals surface area (Å²) in [6.07, 6.45) is -1.12. The van der Waals surface area contributed by atoms with Gasteiger partial charge in [0.1, 0.15) is 6.04 Å². The fraction of sp³-hybridized carbons (Fsp3) is 0.385. The zero-order valence-corrected chi connectivity index (χ0v) is 12.8. The number of carbonyl (C=O) groups excluding carboxylic acids is 2. The molecule has 1 amide bonds. The predicted molar refractivity (Wildman–Crippen MR) is 75.7 cm³/mol. The van der Waals surface area contributed by atoms with Crippen LogP contribution in [0.1, 0.15) is 19.4 Å². The van der Waals surface area contributed by atoms with Crippen LogP contribution in [0, 0.1) is 6.92 Å². The van der Waals surface area contributed by atoms with Crippen LogP contribution in [0.25, 0.3) is 0 Å². The van der Waals surface area contributed by atoms with Crippen molar-refractivity contribution in [3.8, 4) is 0 Å². The third-order valence-electron chi connectivity index (χ3n) is 2.71. The first-order valence-electron chi connectivity index (χ1n) is 6.22. The van der Waals surface area contributed by atoms with E-state index in [1.807, 2.05) is 6.92 Å². The maximum absolute atomic E-state index is 12.1. The van der Waals surface area contributed by atoms with Crippen molar-refractivity contribution in [2.45, 2.75) is 37.8 Å². The average molecular weight is 314 g/mol. The predicted octanol–water partition coefficient (Wildman–Crippen LogP) is 0.0788. The molecular formula is C13H18N2O5S. The maximum Gasteiger partial charge on any atom is 0.324 e. The number of benzene rings is 1. The molecule has 0 aliphatic carbocycles.